The van der Waals surface area contributed by atoms with Crippen LogP contribution in [0.25, 0.3) is 0 Å². The maximum Gasteiger partial charge on any atom is 0.192 e. The minimum absolute atomic E-state index is 0.191. The molecule has 0 saturated heterocycles. The van der Waals surface area contributed by atoms with E-state index in [9.17, 15) is 0 Å². The lowest BCUT2D eigenvalue weighted by molar-refractivity contribution is 0.209. The monoisotopic (exact) mass is 426 g/mol. The molecule has 0 unspecified atom stereocenters. The summed E-state index contributed by atoms with van der Waals surface area (Å²) in [5, 5.41) is 0.489. The highest BCUT2D eigenvalue weighted by Gasteiger charge is 2.39. The van der Waals surface area contributed by atoms with E-state index in [0.717, 1.165) is 19.4 Å². The standard InChI is InChI=1S/C24H50O2Si2/c1-15-22(26-28(13,14)24(8,9)10)21(4)17-19(2)16-20(3)18-25-27(11,12)23(5,6)7/h17,20,22H,2,15-16,18H2,1,3-14H3/b21-17+/t20-,22+/m0/s1. The van der Waals surface area contributed by atoms with Crippen molar-refractivity contribution in [2.45, 2.75) is 118 Å². The summed E-state index contributed by atoms with van der Waals surface area (Å²) in [6, 6.07) is 0. The van der Waals surface area contributed by atoms with Crippen molar-refractivity contribution in [1.82, 2.24) is 0 Å². The van der Waals surface area contributed by atoms with Crippen LogP contribution in [-0.2, 0) is 8.85 Å². The molecule has 0 bridgehead atoms. The Morgan fingerprint density at radius 2 is 1.43 bits per heavy atom. The Bertz CT molecular complexity index is 534. The second kappa shape index (κ2) is 10.2. The van der Waals surface area contributed by atoms with Gasteiger partial charge >= 0.3 is 0 Å². The molecule has 0 rings (SSSR count). The van der Waals surface area contributed by atoms with Gasteiger partial charge in [-0.1, -0.05) is 73.6 Å². The van der Waals surface area contributed by atoms with Crippen LogP contribution in [0.1, 0.15) is 75.2 Å². The summed E-state index contributed by atoms with van der Waals surface area (Å²) in [5.41, 5.74) is 2.48. The average molecular weight is 427 g/mol. The fourth-order valence-electron chi connectivity index (χ4n) is 2.58. The Hall–Kier alpha value is -0.166. The second-order valence-electron chi connectivity index (χ2n) is 11.7. The van der Waals surface area contributed by atoms with Crippen LogP contribution in [-0.4, -0.2) is 29.3 Å². The first-order valence-corrected chi connectivity index (χ1v) is 16.8. The second-order valence-corrected chi connectivity index (χ2v) is 21.3. The number of hydrogen-bond donors (Lipinski definition) is 0. The lowest BCUT2D eigenvalue weighted by atomic mass is 9.99. The van der Waals surface area contributed by atoms with Gasteiger partial charge in [-0.25, -0.2) is 0 Å². The van der Waals surface area contributed by atoms with Gasteiger partial charge in [-0.15, -0.1) is 0 Å². The molecule has 4 heteroatoms. The van der Waals surface area contributed by atoms with Gasteiger partial charge in [-0.05, 0) is 67.5 Å². The van der Waals surface area contributed by atoms with Crippen molar-refractivity contribution in [3.8, 4) is 0 Å². The van der Waals surface area contributed by atoms with Crippen molar-refractivity contribution in [3.63, 3.8) is 0 Å². The molecule has 166 valence electrons. The SMILES string of the molecule is C=C(/C=C(\C)[C@@H](CC)O[Si](C)(C)C(C)(C)C)C[C@H](C)CO[Si](C)(C)C(C)(C)C. The highest BCUT2D eigenvalue weighted by molar-refractivity contribution is 6.74. The summed E-state index contributed by atoms with van der Waals surface area (Å²) in [5.74, 6) is 0.479. The molecule has 0 fully saturated rings. The zero-order chi connectivity index (χ0) is 22.6. The molecule has 28 heavy (non-hydrogen) atoms. The molecule has 2 atom stereocenters. The number of allylic oxidation sites excluding steroid dienone is 2. The molecule has 2 nitrogen and oxygen atoms in total. The highest BCUT2D eigenvalue weighted by Crippen LogP contribution is 2.39. The minimum atomic E-state index is -1.77. The van der Waals surface area contributed by atoms with E-state index in [1.165, 1.54) is 11.1 Å². The van der Waals surface area contributed by atoms with Crippen molar-refractivity contribution < 1.29 is 8.85 Å². The van der Waals surface area contributed by atoms with Gasteiger partial charge in [0.2, 0.25) is 0 Å². The molecule has 0 radical (unpaired) electrons. The van der Waals surface area contributed by atoms with E-state index in [0.29, 0.717) is 5.92 Å². The summed E-state index contributed by atoms with van der Waals surface area (Å²) in [7, 11) is -3.45. The van der Waals surface area contributed by atoms with Crippen LogP contribution in [0.2, 0.25) is 36.3 Å². The van der Waals surface area contributed by atoms with Crippen LogP contribution in [0.15, 0.2) is 23.8 Å². The predicted octanol–water partition coefficient (Wildman–Crippen LogP) is 8.34. The van der Waals surface area contributed by atoms with Crippen LogP contribution >= 0.6 is 0 Å². The molecular formula is C24H50O2Si2. The lowest BCUT2D eigenvalue weighted by Gasteiger charge is -2.39. The predicted molar refractivity (Wildman–Crippen MR) is 132 cm³/mol. The zero-order valence-electron chi connectivity index (χ0n) is 21.4. The van der Waals surface area contributed by atoms with Crippen molar-refractivity contribution in [2.24, 2.45) is 5.92 Å². The Labute approximate surface area is 179 Å². The summed E-state index contributed by atoms with van der Waals surface area (Å²) >= 11 is 0. The van der Waals surface area contributed by atoms with E-state index in [-0.39, 0.29) is 16.2 Å². The van der Waals surface area contributed by atoms with Crippen LogP contribution < -0.4 is 0 Å². The van der Waals surface area contributed by atoms with Gasteiger partial charge in [-0.2, -0.15) is 0 Å². The Kier molecular flexibility index (Phi) is 10.2. The molecule has 0 aromatic rings. The summed E-state index contributed by atoms with van der Waals surface area (Å²) < 4.78 is 13.1. The maximum atomic E-state index is 6.66. The molecule has 0 aliphatic rings. The summed E-state index contributed by atoms with van der Waals surface area (Å²) in [6.07, 6.45) is 4.43. The van der Waals surface area contributed by atoms with Gasteiger partial charge in [0.05, 0.1) is 6.10 Å². The minimum Gasteiger partial charge on any atom is -0.417 e. The number of rotatable bonds is 10. The van der Waals surface area contributed by atoms with E-state index in [4.69, 9.17) is 8.85 Å². The molecule has 0 aromatic carbocycles. The number of hydrogen-bond acceptors (Lipinski definition) is 2. The molecule has 0 saturated carbocycles. The van der Waals surface area contributed by atoms with Gasteiger partial charge in [0.15, 0.2) is 16.6 Å². The van der Waals surface area contributed by atoms with Gasteiger partial charge in [0.1, 0.15) is 0 Å². The van der Waals surface area contributed by atoms with Crippen molar-refractivity contribution in [3.05, 3.63) is 23.8 Å². The molecule has 0 heterocycles. The molecule has 0 aliphatic heterocycles. The molecule has 0 aromatic heterocycles. The normalized spacial score (nSPS) is 16.8. The fourth-order valence-corrected chi connectivity index (χ4v) is 5.13. The molecule has 0 amide bonds. The third kappa shape index (κ3) is 8.68. The molecule has 0 spiro atoms. The summed E-state index contributed by atoms with van der Waals surface area (Å²) in [6.45, 7) is 34.9. The van der Waals surface area contributed by atoms with Crippen molar-refractivity contribution >= 4 is 16.6 Å². The van der Waals surface area contributed by atoms with Gasteiger partial charge in [0.25, 0.3) is 0 Å². The Morgan fingerprint density at radius 3 is 1.82 bits per heavy atom. The zero-order valence-corrected chi connectivity index (χ0v) is 23.4. The molecule has 0 aliphatic carbocycles. The topological polar surface area (TPSA) is 18.5 Å². The van der Waals surface area contributed by atoms with Crippen LogP contribution in [0.4, 0.5) is 0 Å². The van der Waals surface area contributed by atoms with Crippen molar-refractivity contribution in [1.29, 1.82) is 0 Å². The molecular weight excluding hydrogens is 376 g/mol. The first-order valence-electron chi connectivity index (χ1n) is 11.0. The average Bonchev–Trinajstić information content (AvgIpc) is 2.48. The van der Waals surface area contributed by atoms with E-state index in [2.05, 4.69) is 101 Å². The first kappa shape index (κ1) is 27.8. The lowest BCUT2D eigenvalue weighted by Crippen LogP contribution is -2.44. The van der Waals surface area contributed by atoms with Gasteiger partial charge in [0, 0.05) is 6.61 Å². The third-order valence-electron chi connectivity index (χ3n) is 6.70. The highest BCUT2D eigenvalue weighted by atomic mass is 28.4. The fraction of sp³-hybridized carbons (Fsp3) is 0.833. The smallest absolute Gasteiger partial charge is 0.192 e. The Morgan fingerprint density at radius 1 is 0.964 bits per heavy atom. The largest absolute Gasteiger partial charge is 0.417 e. The van der Waals surface area contributed by atoms with Crippen LogP contribution in [0, 0.1) is 5.92 Å². The van der Waals surface area contributed by atoms with Crippen molar-refractivity contribution in [2.75, 3.05) is 6.61 Å². The first-order chi connectivity index (χ1) is 12.3. The van der Waals surface area contributed by atoms with E-state index in [1.54, 1.807) is 0 Å². The molecule has 0 N–H and O–H groups in total. The van der Waals surface area contributed by atoms with Crippen LogP contribution in [0.3, 0.4) is 0 Å². The van der Waals surface area contributed by atoms with Gasteiger partial charge < -0.3 is 8.85 Å². The van der Waals surface area contributed by atoms with Crippen LogP contribution in [0.5, 0.6) is 0 Å². The van der Waals surface area contributed by atoms with E-state index >= 15 is 0 Å². The van der Waals surface area contributed by atoms with Gasteiger partial charge in [-0.3, -0.25) is 0 Å². The van der Waals surface area contributed by atoms with E-state index < -0.39 is 16.6 Å². The maximum absolute atomic E-state index is 6.66. The quantitative estimate of drug-likeness (QED) is 0.258. The van der Waals surface area contributed by atoms with E-state index in [1.807, 2.05) is 0 Å². The Balaban J connectivity index is 4.90. The summed E-state index contributed by atoms with van der Waals surface area (Å²) in [4.78, 5) is 0. The third-order valence-corrected chi connectivity index (χ3v) is 15.7.